The molecule has 8 heteroatoms. The number of amides is 2. The fourth-order valence-electron chi connectivity index (χ4n) is 1.82. The highest BCUT2D eigenvalue weighted by Gasteiger charge is 2.14. The zero-order valence-electron chi connectivity index (χ0n) is 12.7. The van der Waals surface area contributed by atoms with Gasteiger partial charge in [-0.1, -0.05) is 17.7 Å². The summed E-state index contributed by atoms with van der Waals surface area (Å²) in [7, 11) is 0. The Morgan fingerprint density at radius 2 is 1.83 bits per heavy atom. The molecule has 1 aromatic carbocycles. The van der Waals surface area contributed by atoms with Crippen molar-refractivity contribution in [2.45, 2.75) is 6.92 Å². The van der Waals surface area contributed by atoms with Gasteiger partial charge in [0.15, 0.2) is 6.61 Å². The van der Waals surface area contributed by atoms with Crippen molar-refractivity contribution in [3.05, 3.63) is 53.3 Å². The summed E-state index contributed by atoms with van der Waals surface area (Å²) >= 11 is 5.78. The minimum Gasteiger partial charge on any atom is -0.452 e. The van der Waals surface area contributed by atoms with E-state index >= 15 is 0 Å². The van der Waals surface area contributed by atoms with Crippen molar-refractivity contribution in [3.63, 3.8) is 0 Å². The number of halogens is 1. The molecule has 0 saturated heterocycles. The predicted octanol–water partition coefficient (Wildman–Crippen LogP) is 2.49. The molecule has 0 radical (unpaired) electrons. The summed E-state index contributed by atoms with van der Waals surface area (Å²) in [5.41, 5.74) is 1.08. The van der Waals surface area contributed by atoms with Gasteiger partial charge in [-0.05, 0) is 30.3 Å². The molecule has 0 saturated carbocycles. The van der Waals surface area contributed by atoms with Crippen molar-refractivity contribution in [2.75, 3.05) is 17.2 Å². The van der Waals surface area contributed by atoms with Gasteiger partial charge < -0.3 is 15.4 Å². The molecule has 0 aliphatic heterocycles. The molecule has 0 aliphatic rings. The monoisotopic (exact) mass is 347 g/mol. The minimum atomic E-state index is -0.741. The van der Waals surface area contributed by atoms with Crippen molar-refractivity contribution in [1.82, 2.24) is 4.98 Å². The van der Waals surface area contributed by atoms with Crippen LogP contribution in [-0.2, 0) is 14.3 Å². The van der Waals surface area contributed by atoms with E-state index in [9.17, 15) is 14.4 Å². The minimum absolute atomic E-state index is 0.00548. The number of ether oxygens (including phenoxy) is 1. The molecular weight excluding hydrogens is 334 g/mol. The highest BCUT2D eigenvalue weighted by atomic mass is 35.5. The molecule has 0 spiro atoms. The molecule has 0 bridgehead atoms. The van der Waals surface area contributed by atoms with Crippen molar-refractivity contribution >= 4 is 40.8 Å². The molecule has 124 valence electrons. The largest absolute Gasteiger partial charge is 0.452 e. The van der Waals surface area contributed by atoms with Crippen LogP contribution in [-0.4, -0.2) is 29.4 Å². The maximum absolute atomic E-state index is 11.8. The highest BCUT2D eigenvalue weighted by Crippen LogP contribution is 2.15. The summed E-state index contributed by atoms with van der Waals surface area (Å²) in [4.78, 5) is 38.4. The average molecular weight is 348 g/mol. The quantitative estimate of drug-likeness (QED) is 0.639. The lowest BCUT2D eigenvalue weighted by Gasteiger charge is -2.09. The number of benzene rings is 1. The summed E-state index contributed by atoms with van der Waals surface area (Å²) in [6, 6.07) is 9.56. The lowest BCUT2D eigenvalue weighted by Crippen LogP contribution is -2.21. The van der Waals surface area contributed by atoms with Crippen molar-refractivity contribution in [3.8, 4) is 0 Å². The number of hydrogen-bond donors (Lipinski definition) is 2. The molecule has 2 amide bonds. The van der Waals surface area contributed by atoms with Crippen LogP contribution >= 0.6 is 11.6 Å². The second-order valence-corrected chi connectivity index (χ2v) is 5.09. The van der Waals surface area contributed by atoms with Gasteiger partial charge in [-0.15, -0.1) is 0 Å². The molecule has 2 aromatic rings. The summed E-state index contributed by atoms with van der Waals surface area (Å²) < 4.78 is 4.89. The van der Waals surface area contributed by atoms with Crippen LogP contribution in [0.3, 0.4) is 0 Å². The van der Waals surface area contributed by atoms with Crippen LogP contribution in [0, 0.1) is 0 Å². The third-order valence-electron chi connectivity index (χ3n) is 2.78. The zero-order valence-corrected chi connectivity index (χ0v) is 13.5. The third-order valence-corrected chi connectivity index (χ3v) is 3.08. The molecule has 0 aliphatic carbocycles. The Balaban J connectivity index is 1.91. The average Bonchev–Trinajstić information content (AvgIpc) is 2.53. The standard InChI is InChI=1S/C16H14ClN3O4/c1-10(21)19-11-4-2-5-12(8-11)20-14(22)9-24-16(23)13-6-3-7-18-15(13)17/h2-8H,9H2,1H3,(H,19,21)(H,20,22). The second kappa shape index (κ2) is 8.07. The number of pyridine rings is 1. The first-order valence-electron chi connectivity index (χ1n) is 6.91. The van der Waals surface area contributed by atoms with E-state index in [0.29, 0.717) is 11.4 Å². The van der Waals surface area contributed by atoms with Crippen molar-refractivity contribution < 1.29 is 19.1 Å². The van der Waals surface area contributed by atoms with Gasteiger partial charge in [0.1, 0.15) is 5.15 Å². The zero-order chi connectivity index (χ0) is 17.5. The first-order valence-corrected chi connectivity index (χ1v) is 7.28. The molecule has 0 fully saturated rings. The normalized spacial score (nSPS) is 9.92. The molecule has 1 aromatic heterocycles. The second-order valence-electron chi connectivity index (χ2n) is 4.73. The maximum atomic E-state index is 11.8. The Labute approximate surface area is 143 Å². The van der Waals surface area contributed by atoms with Gasteiger partial charge in [-0.2, -0.15) is 0 Å². The van der Waals surface area contributed by atoms with E-state index in [1.807, 2.05) is 0 Å². The number of esters is 1. The Morgan fingerprint density at radius 3 is 2.50 bits per heavy atom. The Kier molecular flexibility index (Phi) is 5.86. The smallest absolute Gasteiger partial charge is 0.341 e. The summed E-state index contributed by atoms with van der Waals surface area (Å²) in [6.45, 7) is 0.905. The molecule has 1 heterocycles. The van der Waals surface area contributed by atoms with Crippen LogP contribution in [0.25, 0.3) is 0 Å². The van der Waals surface area contributed by atoms with Crippen LogP contribution in [0.2, 0.25) is 5.15 Å². The van der Waals surface area contributed by atoms with Gasteiger partial charge in [0.2, 0.25) is 5.91 Å². The van der Waals surface area contributed by atoms with E-state index in [-0.39, 0.29) is 16.6 Å². The van der Waals surface area contributed by atoms with Crippen LogP contribution < -0.4 is 10.6 Å². The summed E-state index contributed by atoms with van der Waals surface area (Å²) in [5.74, 6) is -1.49. The number of carbonyl (C=O) groups is 3. The Hall–Kier alpha value is -2.93. The number of anilines is 2. The molecule has 0 atom stereocenters. The van der Waals surface area contributed by atoms with E-state index in [4.69, 9.17) is 16.3 Å². The molecular formula is C16H14ClN3O4. The van der Waals surface area contributed by atoms with Crippen molar-refractivity contribution in [2.24, 2.45) is 0 Å². The van der Waals surface area contributed by atoms with Gasteiger partial charge in [0.05, 0.1) is 5.56 Å². The van der Waals surface area contributed by atoms with Gasteiger partial charge >= 0.3 is 5.97 Å². The molecule has 2 N–H and O–H groups in total. The van der Waals surface area contributed by atoms with Crippen molar-refractivity contribution in [1.29, 1.82) is 0 Å². The fourth-order valence-corrected chi connectivity index (χ4v) is 2.02. The summed E-state index contributed by atoms with van der Waals surface area (Å²) in [5, 5.41) is 5.17. The number of nitrogens with one attached hydrogen (secondary N) is 2. The van der Waals surface area contributed by atoms with Gasteiger partial charge in [0, 0.05) is 24.5 Å². The van der Waals surface area contributed by atoms with E-state index in [2.05, 4.69) is 15.6 Å². The van der Waals surface area contributed by atoms with Gasteiger partial charge in [0.25, 0.3) is 5.91 Å². The van der Waals surface area contributed by atoms with Gasteiger partial charge in [-0.3, -0.25) is 9.59 Å². The van der Waals surface area contributed by atoms with Crippen LogP contribution in [0.4, 0.5) is 11.4 Å². The van der Waals surface area contributed by atoms with Crippen LogP contribution in [0.15, 0.2) is 42.6 Å². The summed E-state index contributed by atoms with van der Waals surface area (Å²) in [6.07, 6.45) is 1.44. The Bertz CT molecular complexity index is 779. The number of hydrogen-bond acceptors (Lipinski definition) is 5. The predicted molar refractivity (Wildman–Crippen MR) is 88.9 cm³/mol. The maximum Gasteiger partial charge on any atom is 0.341 e. The lowest BCUT2D eigenvalue weighted by molar-refractivity contribution is -0.119. The SMILES string of the molecule is CC(=O)Nc1cccc(NC(=O)COC(=O)c2cccnc2Cl)c1. The first kappa shape index (κ1) is 17.4. The van der Waals surface area contributed by atoms with E-state index < -0.39 is 18.5 Å². The molecule has 0 unspecified atom stereocenters. The molecule has 2 rings (SSSR count). The van der Waals surface area contributed by atoms with E-state index in [0.717, 1.165) is 0 Å². The van der Waals surface area contributed by atoms with Crippen LogP contribution in [0.1, 0.15) is 17.3 Å². The van der Waals surface area contributed by atoms with E-state index in [1.165, 1.54) is 25.3 Å². The molecule has 24 heavy (non-hydrogen) atoms. The highest BCUT2D eigenvalue weighted by molar-refractivity contribution is 6.32. The third kappa shape index (κ3) is 5.06. The Morgan fingerprint density at radius 1 is 1.12 bits per heavy atom. The molecule has 7 nitrogen and oxygen atoms in total. The lowest BCUT2D eigenvalue weighted by atomic mass is 10.2. The fraction of sp³-hybridized carbons (Fsp3) is 0.125. The first-order chi connectivity index (χ1) is 11.5. The van der Waals surface area contributed by atoms with Gasteiger partial charge in [-0.25, -0.2) is 9.78 Å². The number of rotatable bonds is 5. The van der Waals surface area contributed by atoms with E-state index in [1.54, 1.807) is 24.3 Å². The van der Waals surface area contributed by atoms with Crippen LogP contribution in [0.5, 0.6) is 0 Å². The topological polar surface area (TPSA) is 97.4 Å². The number of aromatic nitrogens is 1. The number of nitrogens with zero attached hydrogens (tertiary/aromatic N) is 1. The number of carbonyl (C=O) groups excluding carboxylic acids is 3.